The van der Waals surface area contributed by atoms with Gasteiger partial charge in [0.05, 0.1) is 10.5 Å². The summed E-state index contributed by atoms with van der Waals surface area (Å²) in [5, 5.41) is 19.8. The van der Waals surface area contributed by atoms with Crippen LogP contribution in [0.5, 0.6) is 11.5 Å². The highest BCUT2D eigenvalue weighted by Gasteiger charge is 2.14. The summed E-state index contributed by atoms with van der Waals surface area (Å²) in [6, 6.07) is 10.2. The smallest absolute Gasteiger partial charge is 0.272 e. The molecule has 0 unspecified atom stereocenters. The predicted molar refractivity (Wildman–Crippen MR) is 81.5 cm³/mol. The highest BCUT2D eigenvalue weighted by molar-refractivity contribution is 9.10. The molecule has 0 bridgehead atoms. The van der Waals surface area contributed by atoms with E-state index in [1.54, 1.807) is 38.1 Å². The summed E-state index contributed by atoms with van der Waals surface area (Å²) in [6.07, 6.45) is 0. The normalized spacial score (nSPS) is 10.0. The number of hydrogen-bond donors (Lipinski definition) is 0. The number of aryl methyl sites for hydroxylation is 2. The van der Waals surface area contributed by atoms with Crippen molar-refractivity contribution in [2.45, 2.75) is 13.8 Å². The maximum atomic E-state index is 10.9. The van der Waals surface area contributed by atoms with Gasteiger partial charge in [-0.05, 0) is 59.6 Å². The summed E-state index contributed by atoms with van der Waals surface area (Å²) in [5.74, 6) is 1.10. The van der Waals surface area contributed by atoms with E-state index in [-0.39, 0.29) is 5.69 Å². The van der Waals surface area contributed by atoms with E-state index in [1.165, 1.54) is 6.07 Å². The van der Waals surface area contributed by atoms with Crippen LogP contribution in [0.25, 0.3) is 0 Å². The lowest BCUT2D eigenvalue weighted by Crippen LogP contribution is -1.95. The van der Waals surface area contributed by atoms with Gasteiger partial charge >= 0.3 is 0 Å². The van der Waals surface area contributed by atoms with Crippen LogP contribution in [0.1, 0.15) is 16.7 Å². The molecular formula is C15H11BrN2O3. The van der Waals surface area contributed by atoms with Crippen LogP contribution in [0, 0.1) is 35.3 Å². The fourth-order valence-corrected chi connectivity index (χ4v) is 2.30. The van der Waals surface area contributed by atoms with Gasteiger partial charge in [-0.2, -0.15) is 5.26 Å². The molecule has 0 amide bonds. The number of ether oxygens (including phenoxy) is 1. The molecule has 0 atom stereocenters. The van der Waals surface area contributed by atoms with Crippen LogP contribution in [-0.4, -0.2) is 4.92 Å². The van der Waals surface area contributed by atoms with Gasteiger partial charge in [-0.1, -0.05) is 0 Å². The summed E-state index contributed by atoms with van der Waals surface area (Å²) in [7, 11) is 0. The Morgan fingerprint density at radius 1 is 1.24 bits per heavy atom. The number of nitro benzene ring substituents is 1. The topological polar surface area (TPSA) is 76.2 Å². The van der Waals surface area contributed by atoms with E-state index >= 15 is 0 Å². The molecule has 0 fully saturated rings. The third-order valence-corrected chi connectivity index (χ3v) is 3.64. The van der Waals surface area contributed by atoms with Crippen LogP contribution in [-0.2, 0) is 0 Å². The summed E-state index contributed by atoms with van der Waals surface area (Å²) in [4.78, 5) is 10.5. The van der Waals surface area contributed by atoms with E-state index in [0.29, 0.717) is 32.7 Å². The zero-order valence-electron chi connectivity index (χ0n) is 11.4. The van der Waals surface area contributed by atoms with Gasteiger partial charge in [0.1, 0.15) is 17.6 Å². The number of nitrogens with zero attached hydrogens (tertiary/aromatic N) is 2. The van der Waals surface area contributed by atoms with Gasteiger partial charge < -0.3 is 4.74 Å². The van der Waals surface area contributed by atoms with Crippen molar-refractivity contribution in [2.75, 3.05) is 0 Å². The van der Waals surface area contributed by atoms with Crippen molar-refractivity contribution in [1.29, 1.82) is 5.26 Å². The highest BCUT2D eigenvalue weighted by Crippen LogP contribution is 2.32. The second kappa shape index (κ2) is 5.94. The van der Waals surface area contributed by atoms with E-state index in [0.717, 1.165) is 0 Å². The fourth-order valence-electron chi connectivity index (χ4n) is 1.86. The molecule has 0 N–H and O–H groups in total. The van der Waals surface area contributed by atoms with Crippen molar-refractivity contribution in [3.63, 3.8) is 0 Å². The van der Waals surface area contributed by atoms with Crippen LogP contribution < -0.4 is 4.74 Å². The lowest BCUT2D eigenvalue weighted by Gasteiger charge is -2.10. The van der Waals surface area contributed by atoms with Crippen LogP contribution in [0.4, 0.5) is 5.69 Å². The average molecular weight is 347 g/mol. The van der Waals surface area contributed by atoms with Crippen LogP contribution in [0.3, 0.4) is 0 Å². The molecule has 0 aliphatic carbocycles. The van der Waals surface area contributed by atoms with Gasteiger partial charge in [-0.3, -0.25) is 10.1 Å². The molecule has 0 radical (unpaired) electrons. The van der Waals surface area contributed by atoms with E-state index < -0.39 is 4.92 Å². The SMILES string of the molecule is Cc1cc([N+](=O)[O-])c(C)cc1Oc1ccc(C#N)c(Br)c1. The standard InChI is InChI=1S/C15H11BrN2O3/c1-9-6-15(10(2)5-14(9)18(19)20)21-12-4-3-11(8-17)13(16)7-12/h3-7H,1-2H3. The monoisotopic (exact) mass is 346 g/mol. The van der Waals surface area contributed by atoms with Crippen LogP contribution in [0.15, 0.2) is 34.8 Å². The van der Waals surface area contributed by atoms with Crippen molar-refractivity contribution in [3.8, 4) is 17.6 Å². The minimum atomic E-state index is -0.412. The second-order valence-corrected chi connectivity index (χ2v) is 5.37. The van der Waals surface area contributed by atoms with Crippen molar-refractivity contribution in [3.05, 3.63) is 61.6 Å². The van der Waals surface area contributed by atoms with Crippen molar-refractivity contribution in [2.24, 2.45) is 0 Å². The first kappa shape index (κ1) is 15.0. The minimum absolute atomic E-state index is 0.0702. The Balaban J connectivity index is 2.36. The highest BCUT2D eigenvalue weighted by atomic mass is 79.9. The first-order valence-electron chi connectivity index (χ1n) is 6.05. The minimum Gasteiger partial charge on any atom is -0.457 e. The third kappa shape index (κ3) is 3.20. The zero-order chi connectivity index (χ0) is 15.6. The summed E-state index contributed by atoms with van der Waals surface area (Å²) >= 11 is 3.29. The number of hydrogen-bond acceptors (Lipinski definition) is 4. The molecule has 2 aromatic rings. The maximum absolute atomic E-state index is 10.9. The first-order chi connectivity index (χ1) is 9.92. The van der Waals surface area contributed by atoms with E-state index in [2.05, 4.69) is 15.9 Å². The number of nitro groups is 1. The molecule has 0 heterocycles. The van der Waals surface area contributed by atoms with Gasteiger partial charge in [0.25, 0.3) is 5.69 Å². The first-order valence-corrected chi connectivity index (χ1v) is 6.85. The second-order valence-electron chi connectivity index (χ2n) is 4.52. The van der Waals surface area contributed by atoms with Gasteiger partial charge in [0.15, 0.2) is 0 Å². The Kier molecular flexibility index (Phi) is 4.24. The van der Waals surface area contributed by atoms with Gasteiger partial charge in [0.2, 0.25) is 0 Å². The number of rotatable bonds is 3. The lowest BCUT2D eigenvalue weighted by atomic mass is 10.1. The summed E-state index contributed by atoms with van der Waals surface area (Å²) in [5.41, 5.74) is 1.79. The average Bonchev–Trinajstić information content (AvgIpc) is 2.42. The van der Waals surface area contributed by atoms with E-state index in [9.17, 15) is 10.1 Å². The molecule has 0 aliphatic heterocycles. The molecule has 106 valence electrons. The van der Waals surface area contributed by atoms with E-state index in [4.69, 9.17) is 10.00 Å². The Bertz CT molecular complexity index is 766. The van der Waals surface area contributed by atoms with Crippen LogP contribution in [0.2, 0.25) is 0 Å². The molecule has 5 nitrogen and oxygen atoms in total. The van der Waals surface area contributed by atoms with Gasteiger partial charge in [0, 0.05) is 16.1 Å². The third-order valence-electron chi connectivity index (χ3n) is 2.98. The summed E-state index contributed by atoms with van der Waals surface area (Å²) in [6.45, 7) is 3.42. The Morgan fingerprint density at radius 2 is 1.95 bits per heavy atom. The molecule has 6 heteroatoms. The molecule has 2 rings (SSSR count). The fraction of sp³-hybridized carbons (Fsp3) is 0.133. The van der Waals surface area contributed by atoms with Gasteiger partial charge in [-0.15, -0.1) is 0 Å². The lowest BCUT2D eigenvalue weighted by molar-refractivity contribution is -0.385. The number of nitriles is 1. The van der Waals surface area contributed by atoms with Crippen LogP contribution >= 0.6 is 15.9 Å². The van der Waals surface area contributed by atoms with Crippen molar-refractivity contribution >= 4 is 21.6 Å². The Labute approximate surface area is 130 Å². The quantitative estimate of drug-likeness (QED) is 0.599. The maximum Gasteiger partial charge on any atom is 0.272 e. The molecule has 0 saturated carbocycles. The molecule has 0 aliphatic rings. The molecule has 2 aromatic carbocycles. The molecule has 0 saturated heterocycles. The summed E-state index contributed by atoms with van der Waals surface area (Å²) < 4.78 is 6.38. The Hall–Kier alpha value is -2.39. The molecular weight excluding hydrogens is 336 g/mol. The van der Waals surface area contributed by atoms with E-state index in [1.807, 2.05) is 6.07 Å². The van der Waals surface area contributed by atoms with Crippen molar-refractivity contribution < 1.29 is 9.66 Å². The Morgan fingerprint density at radius 3 is 2.52 bits per heavy atom. The number of halogens is 1. The molecule has 21 heavy (non-hydrogen) atoms. The predicted octanol–water partition coefficient (Wildman–Crippen LogP) is 4.64. The zero-order valence-corrected chi connectivity index (χ0v) is 13.0. The largest absolute Gasteiger partial charge is 0.457 e. The molecule has 0 aromatic heterocycles. The van der Waals surface area contributed by atoms with Gasteiger partial charge in [-0.25, -0.2) is 0 Å². The molecule has 0 spiro atoms. The number of benzene rings is 2. The van der Waals surface area contributed by atoms with Crippen molar-refractivity contribution in [1.82, 2.24) is 0 Å².